The van der Waals surface area contributed by atoms with Crippen LogP contribution < -0.4 is 9.80 Å². The molecule has 2 heteroatoms. The predicted octanol–water partition coefficient (Wildman–Crippen LogP) is 11.6. The summed E-state index contributed by atoms with van der Waals surface area (Å²) in [7, 11) is 0. The largest absolute Gasteiger partial charge is 0.311 e. The summed E-state index contributed by atoms with van der Waals surface area (Å²) in [4.78, 5) is 4.69. The van der Waals surface area contributed by atoms with Crippen molar-refractivity contribution in [3.8, 4) is 11.1 Å². The van der Waals surface area contributed by atoms with E-state index < -0.39 is 0 Å². The van der Waals surface area contributed by atoms with Crippen LogP contribution in [0.2, 0.25) is 0 Å². The van der Waals surface area contributed by atoms with Gasteiger partial charge in [0.2, 0.25) is 0 Å². The molecular formula is C45H36N2. The van der Waals surface area contributed by atoms with Crippen LogP contribution in [0.1, 0.15) is 0 Å². The van der Waals surface area contributed by atoms with Gasteiger partial charge in [-0.25, -0.2) is 0 Å². The number of benzene rings is 4. The lowest BCUT2D eigenvalue weighted by atomic mass is 9.84. The van der Waals surface area contributed by atoms with E-state index >= 15 is 0 Å². The molecule has 3 unspecified atom stereocenters. The van der Waals surface area contributed by atoms with Crippen molar-refractivity contribution in [1.82, 2.24) is 0 Å². The molecule has 0 aliphatic heterocycles. The molecule has 0 fully saturated rings. The lowest BCUT2D eigenvalue weighted by Gasteiger charge is -2.31. The fourth-order valence-corrected chi connectivity index (χ4v) is 6.74. The minimum atomic E-state index is 0.290. The van der Waals surface area contributed by atoms with E-state index in [4.69, 9.17) is 0 Å². The topological polar surface area (TPSA) is 6.48 Å². The molecule has 4 aromatic carbocycles. The summed E-state index contributed by atoms with van der Waals surface area (Å²) in [5, 5.41) is 0. The average Bonchev–Trinajstić information content (AvgIpc) is 3.49. The highest BCUT2D eigenvalue weighted by atomic mass is 15.2. The van der Waals surface area contributed by atoms with Gasteiger partial charge < -0.3 is 9.80 Å². The molecule has 0 radical (unpaired) electrons. The first kappa shape index (κ1) is 28.6. The normalized spacial score (nSPS) is 20.4. The SMILES string of the molecule is C1=CC2=CC(C=C1)C=CC(N(c1ccccc1)c1ccc(-c3ccc(N(C4=CC5C=CC=CC5C=C4)c4ccccc4)cc3)cc1)=C2. The molecule has 2 bridgehead atoms. The second-order valence-corrected chi connectivity index (χ2v) is 12.2. The Bertz CT molecular complexity index is 2010. The van der Waals surface area contributed by atoms with E-state index in [0.717, 1.165) is 28.4 Å². The molecule has 0 amide bonds. The molecule has 47 heavy (non-hydrogen) atoms. The van der Waals surface area contributed by atoms with Gasteiger partial charge in [-0.15, -0.1) is 0 Å². The molecule has 0 saturated heterocycles. The Morgan fingerprint density at radius 1 is 0.383 bits per heavy atom. The molecule has 3 atom stereocenters. The molecule has 0 spiro atoms. The van der Waals surface area contributed by atoms with Crippen molar-refractivity contribution in [2.75, 3.05) is 9.80 Å². The third-order valence-corrected chi connectivity index (χ3v) is 9.13. The van der Waals surface area contributed by atoms with Crippen molar-refractivity contribution in [2.24, 2.45) is 17.8 Å². The molecule has 8 rings (SSSR count). The maximum atomic E-state index is 2.39. The van der Waals surface area contributed by atoms with Gasteiger partial charge in [0.25, 0.3) is 0 Å². The van der Waals surface area contributed by atoms with Gasteiger partial charge in [0.1, 0.15) is 0 Å². The molecule has 2 nitrogen and oxygen atoms in total. The molecule has 4 aliphatic carbocycles. The van der Waals surface area contributed by atoms with Gasteiger partial charge in [-0.05, 0) is 83.5 Å². The van der Waals surface area contributed by atoms with E-state index in [1.807, 2.05) is 0 Å². The van der Waals surface area contributed by atoms with Crippen LogP contribution in [0.4, 0.5) is 22.7 Å². The van der Waals surface area contributed by atoms with E-state index in [2.05, 4.69) is 210 Å². The van der Waals surface area contributed by atoms with Crippen molar-refractivity contribution in [3.05, 3.63) is 217 Å². The Morgan fingerprint density at radius 2 is 0.915 bits per heavy atom. The van der Waals surface area contributed by atoms with Gasteiger partial charge >= 0.3 is 0 Å². The fraction of sp³-hybridized carbons (Fsp3) is 0.0667. The summed E-state index contributed by atoms with van der Waals surface area (Å²) in [6, 6.07) is 39.1. The Labute approximate surface area is 278 Å². The minimum absolute atomic E-state index is 0.290. The van der Waals surface area contributed by atoms with Gasteiger partial charge in [-0.2, -0.15) is 0 Å². The van der Waals surface area contributed by atoms with Crippen LogP contribution in [0.5, 0.6) is 0 Å². The van der Waals surface area contributed by atoms with Crippen molar-refractivity contribution < 1.29 is 0 Å². The smallest absolute Gasteiger partial charge is 0.0464 e. The summed E-state index contributed by atoms with van der Waals surface area (Å²) >= 11 is 0. The Morgan fingerprint density at radius 3 is 1.55 bits per heavy atom. The summed E-state index contributed by atoms with van der Waals surface area (Å²) in [5.74, 6) is 1.09. The monoisotopic (exact) mass is 604 g/mol. The molecule has 4 aromatic rings. The van der Waals surface area contributed by atoms with Gasteiger partial charge in [0.05, 0.1) is 0 Å². The average molecular weight is 605 g/mol. The predicted molar refractivity (Wildman–Crippen MR) is 199 cm³/mol. The standard InChI is InChI=1S/C45H36N2/c1-3-15-40(16-4-1)46(44-25-19-34-11-7-8-12-35(31-34)32-44)42-26-20-37(21-27-42)38-22-28-43(29-23-38)47(41-17-5-2-6-18-41)45-30-24-36-13-9-10-14-39(36)33-45/h1-34,36,39H. The van der Waals surface area contributed by atoms with Crippen LogP contribution in [-0.4, -0.2) is 0 Å². The lowest BCUT2D eigenvalue weighted by molar-refractivity contribution is 0.652. The van der Waals surface area contributed by atoms with Crippen molar-refractivity contribution in [2.45, 2.75) is 0 Å². The Hall–Kier alpha value is -5.86. The zero-order chi connectivity index (χ0) is 31.4. The molecule has 0 aromatic heterocycles. The van der Waals surface area contributed by atoms with Gasteiger partial charge in [-0.3, -0.25) is 0 Å². The van der Waals surface area contributed by atoms with Gasteiger partial charge in [0.15, 0.2) is 0 Å². The van der Waals surface area contributed by atoms with Gasteiger partial charge in [0, 0.05) is 51.9 Å². The number of fused-ring (bicyclic) bond motifs is 2. The number of rotatable bonds is 7. The highest BCUT2D eigenvalue weighted by Gasteiger charge is 2.22. The van der Waals surface area contributed by atoms with Crippen LogP contribution in [0, 0.1) is 17.8 Å². The molecule has 226 valence electrons. The zero-order valence-corrected chi connectivity index (χ0v) is 26.2. The number of allylic oxidation sites excluding steroid dienone is 16. The van der Waals surface area contributed by atoms with Crippen molar-refractivity contribution >= 4 is 22.7 Å². The summed E-state index contributed by atoms with van der Waals surface area (Å²) < 4.78 is 0. The highest BCUT2D eigenvalue weighted by molar-refractivity contribution is 5.77. The highest BCUT2D eigenvalue weighted by Crippen LogP contribution is 2.38. The molecule has 0 heterocycles. The first-order valence-corrected chi connectivity index (χ1v) is 16.4. The molecule has 0 N–H and O–H groups in total. The molecule has 0 saturated carbocycles. The minimum Gasteiger partial charge on any atom is -0.311 e. The maximum absolute atomic E-state index is 2.39. The van der Waals surface area contributed by atoms with E-state index in [0.29, 0.717) is 11.8 Å². The Balaban J connectivity index is 1.10. The summed E-state index contributed by atoms with van der Waals surface area (Å²) in [5.41, 5.74) is 10.5. The van der Waals surface area contributed by atoms with Crippen LogP contribution in [0.15, 0.2) is 217 Å². The van der Waals surface area contributed by atoms with Crippen LogP contribution in [0.3, 0.4) is 0 Å². The van der Waals surface area contributed by atoms with Gasteiger partial charge in [-0.1, -0.05) is 134 Å². The van der Waals surface area contributed by atoms with E-state index in [9.17, 15) is 0 Å². The second kappa shape index (κ2) is 12.9. The van der Waals surface area contributed by atoms with E-state index in [1.165, 1.54) is 22.4 Å². The first-order valence-electron chi connectivity index (χ1n) is 16.4. The molecule has 4 aliphatic rings. The number of para-hydroxylation sites is 2. The molecular weight excluding hydrogens is 569 g/mol. The van der Waals surface area contributed by atoms with E-state index in [-0.39, 0.29) is 5.92 Å². The van der Waals surface area contributed by atoms with Crippen LogP contribution in [-0.2, 0) is 0 Å². The fourth-order valence-electron chi connectivity index (χ4n) is 6.74. The number of anilines is 4. The number of hydrogen-bond acceptors (Lipinski definition) is 2. The second-order valence-electron chi connectivity index (χ2n) is 12.2. The lowest BCUT2D eigenvalue weighted by Crippen LogP contribution is -2.21. The zero-order valence-electron chi connectivity index (χ0n) is 26.2. The maximum Gasteiger partial charge on any atom is 0.0464 e. The van der Waals surface area contributed by atoms with Crippen molar-refractivity contribution in [3.63, 3.8) is 0 Å². The number of nitrogens with zero attached hydrogens (tertiary/aromatic N) is 2. The third kappa shape index (κ3) is 6.06. The summed E-state index contributed by atoms with van der Waals surface area (Å²) in [6.07, 6.45) is 33.6. The number of hydrogen-bond donors (Lipinski definition) is 0. The first-order chi connectivity index (χ1) is 23.3. The van der Waals surface area contributed by atoms with E-state index in [1.54, 1.807) is 0 Å². The Kier molecular flexibility index (Phi) is 7.83. The quantitative estimate of drug-likeness (QED) is 0.207. The van der Waals surface area contributed by atoms with Crippen LogP contribution in [0.25, 0.3) is 11.1 Å². The van der Waals surface area contributed by atoms with Crippen LogP contribution >= 0.6 is 0 Å². The summed E-state index contributed by atoms with van der Waals surface area (Å²) in [6.45, 7) is 0. The van der Waals surface area contributed by atoms with Crippen molar-refractivity contribution in [1.29, 1.82) is 0 Å². The third-order valence-electron chi connectivity index (χ3n) is 9.13.